The first kappa shape index (κ1) is 80.1. The molecule has 5 aliphatic rings. The highest BCUT2D eigenvalue weighted by Gasteiger charge is 2.31. The Labute approximate surface area is 713 Å². The number of aliphatic imine (C=N–C) groups is 4. The molecule has 0 aliphatic carbocycles. The van der Waals surface area contributed by atoms with Crippen molar-refractivity contribution in [1.82, 2.24) is 43.1 Å². The predicted molar refractivity (Wildman–Crippen MR) is 482 cm³/mol. The molecule has 26 nitrogen and oxygen atoms in total. The average Bonchev–Trinajstić information content (AvgIpc) is 1.58. The number of nitrogens with zero attached hydrogens (tertiary/aromatic N) is 17. The molecule has 0 unspecified atom stereocenters. The van der Waals surface area contributed by atoms with Gasteiger partial charge in [0.1, 0.15) is 37.4 Å². The van der Waals surface area contributed by atoms with Crippen molar-refractivity contribution in [2.24, 2.45) is 64.0 Å². The van der Waals surface area contributed by atoms with Crippen LogP contribution in [0.3, 0.4) is 0 Å². The number of hydrogen-bond acceptors (Lipinski definition) is 19. The Bertz CT molecular complexity index is 7310. The third kappa shape index (κ3) is 14.6. The van der Waals surface area contributed by atoms with Crippen LogP contribution in [0.15, 0.2) is 221 Å². The third-order valence-corrected chi connectivity index (χ3v) is 23.5. The Kier molecular flexibility index (Phi) is 22.0. The lowest BCUT2D eigenvalue weighted by molar-refractivity contribution is 0.0992. The van der Waals surface area contributed by atoms with Gasteiger partial charge in [0.05, 0.1) is 106 Å². The number of benzene rings is 8. The van der Waals surface area contributed by atoms with Crippen molar-refractivity contribution >= 4 is 119 Å². The van der Waals surface area contributed by atoms with E-state index in [0.29, 0.717) is 79.1 Å². The zero-order valence-electron chi connectivity index (χ0n) is 66.6. The van der Waals surface area contributed by atoms with Crippen molar-refractivity contribution in [2.45, 2.75) is 12.8 Å². The van der Waals surface area contributed by atoms with Crippen LogP contribution in [0.2, 0.25) is 5.02 Å². The van der Waals surface area contributed by atoms with Gasteiger partial charge in [0.25, 0.3) is 0 Å². The molecule has 7 aromatic heterocycles. The lowest BCUT2D eigenvalue weighted by atomic mass is 9.91. The van der Waals surface area contributed by atoms with Gasteiger partial charge in [0.15, 0.2) is 23.1 Å². The van der Waals surface area contributed by atoms with Crippen molar-refractivity contribution in [2.75, 3.05) is 59.0 Å². The lowest BCUT2D eigenvalue weighted by Crippen LogP contribution is -2.24. The highest BCUT2D eigenvalue weighted by atomic mass is 35.5. The molecule has 8 N–H and O–H groups in total. The fourth-order valence-corrected chi connectivity index (χ4v) is 17.5. The molecule has 600 valence electrons. The number of pyridine rings is 2. The summed E-state index contributed by atoms with van der Waals surface area (Å²) in [5, 5.41) is 16.5. The Hall–Kier alpha value is -15.3. The van der Waals surface area contributed by atoms with Gasteiger partial charge in [0, 0.05) is 154 Å². The molecule has 15 aromatic rings. The molecule has 123 heavy (non-hydrogen) atoms. The molecule has 0 spiro atoms. The molecule has 0 bridgehead atoms. The second-order valence-corrected chi connectivity index (χ2v) is 30.6. The minimum Gasteiger partial charge on any atom is -0.504 e. The van der Waals surface area contributed by atoms with Crippen LogP contribution in [0, 0.1) is 26.3 Å². The van der Waals surface area contributed by atoms with Gasteiger partial charge in [-0.1, -0.05) is 127 Å². The maximum Gasteiger partial charge on any atom is 0.244 e. The minimum absolute atomic E-state index is 0.00207. The molecule has 0 amide bonds. The third-order valence-electron chi connectivity index (χ3n) is 22.4. The standard InChI is InChI=1S/C24H17ClN6O.C24H21N5O2.C24H16N4OS.C23H18N6O/c1-27-23-16(5-6-20-18(23)8-14(25)10-28-20)24-19(11-30-31(24)2)13-3-4-15-17(7-13)21(9-26)29-12-22(15)32;1-26-22-17(8-5-14-4-3-9-31-24(14)22)23-19(12-28-29(23)2)15-6-7-16-18(10-15)20(11-25)27-13-21(16)30;1-26-23-16-5-3-2-4-14(16)6-9-18(23)24-20(12-28-30-24)15-7-8-17-19(10-15)21(11-25)27-13-22(17)29;1-25-23-18(10-15-5-3-4-8-29(15)23)22-19(12-27-28(22)2)14-6-7-16-17(9-14)20(11-24)26-13-21(16)30/h3-8,10-11H,9,12,26H2,2H3;5-8,10,12H,3-4,9,11,13,25H2,2H3;2-10,12H,11,13,25H2;3-10,12H,11,13,24H2,2H3. The minimum atomic E-state index is -0.0237. The Balaban J connectivity index is 0.000000116. The Morgan fingerprint density at radius 2 is 0.878 bits per heavy atom. The summed E-state index contributed by atoms with van der Waals surface area (Å²) in [6.07, 6.45) is 12.5. The number of fused-ring (bicyclic) bond motifs is 8. The summed E-state index contributed by atoms with van der Waals surface area (Å²) in [5.74, 6) is 1.18. The number of rotatable bonds is 12. The van der Waals surface area contributed by atoms with Gasteiger partial charge in [-0.3, -0.25) is 62.6 Å². The summed E-state index contributed by atoms with van der Waals surface area (Å²) in [6, 6.07) is 52.1. The number of carbonyl (C=O) groups excluding carboxylic acids is 4. The molecule has 0 atom stereocenters. The molecule has 0 fully saturated rings. The zero-order valence-corrected chi connectivity index (χ0v) is 68.1. The summed E-state index contributed by atoms with van der Waals surface area (Å²) in [4.78, 5) is 87.0. The molecular weight excluding hydrogens is 1580 g/mol. The zero-order chi connectivity index (χ0) is 85.4. The van der Waals surface area contributed by atoms with E-state index in [1.807, 2.05) is 196 Å². The molecule has 0 saturated heterocycles. The second-order valence-electron chi connectivity index (χ2n) is 29.4. The van der Waals surface area contributed by atoms with E-state index in [1.165, 1.54) is 11.5 Å². The summed E-state index contributed by atoms with van der Waals surface area (Å²) >= 11 is 7.52. The first-order valence-electron chi connectivity index (χ1n) is 39.1. The molecule has 28 heteroatoms. The van der Waals surface area contributed by atoms with Crippen molar-refractivity contribution in [3.63, 3.8) is 0 Å². The normalized spacial score (nSPS) is 13.6. The molecule has 0 saturated carbocycles. The van der Waals surface area contributed by atoms with Crippen molar-refractivity contribution in [3.05, 3.63) is 302 Å². The summed E-state index contributed by atoms with van der Waals surface area (Å²) in [6.45, 7) is 33.4. The number of Topliss-reactive ketones (excluding diaryl/α,β-unsaturated/α-hetero) is 4. The van der Waals surface area contributed by atoms with E-state index < -0.39 is 0 Å². The van der Waals surface area contributed by atoms with Crippen LogP contribution in [0.25, 0.3) is 135 Å². The van der Waals surface area contributed by atoms with E-state index in [-0.39, 0.29) is 75.5 Å². The van der Waals surface area contributed by atoms with Crippen LogP contribution in [0.4, 0.5) is 22.9 Å². The lowest BCUT2D eigenvalue weighted by Gasteiger charge is -2.21. The van der Waals surface area contributed by atoms with Gasteiger partial charge >= 0.3 is 0 Å². The van der Waals surface area contributed by atoms with Crippen molar-refractivity contribution in [3.8, 4) is 94.5 Å². The molecular formula is C95H72ClN21O5S. The number of ether oxygens (including phenoxy) is 1. The molecule has 12 heterocycles. The van der Waals surface area contributed by atoms with E-state index >= 15 is 0 Å². The SMILES string of the molecule is [C-]#[N+]c1c(-c2c(-c3ccc4c(c3)C(CN)=NCC4=O)cnn2C)cc2ccccn12.[C-]#[N+]c1c(-c2c(-c3ccc4c(c3)C(CN)=NCC4=O)cnn2C)ccc2c1OCCC2.[C-]#[N+]c1c(-c2c(-c3ccc4c(c3)C(CN)=NCC4=O)cnn2C)ccc2ncc(Cl)cc12.[C-]#[N+]c1c(-c2sncc2-c2ccc3c(c2)C(CN)=NCC3=O)ccc2ccccc12. The quantitative estimate of drug-likeness (QED) is 0.0827. The van der Waals surface area contributed by atoms with Crippen LogP contribution in [0.1, 0.15) is 75.7 Å². The number of aromatic nitrogens is 9. The average molecular weight is 1660 g/mol. The van der Waals surface area contributed by atoms with Gasteiger partial charge in [0.2, 0.25) is 22.9 Å². The molecule has 20 rings (SSSR count). The van der Waals surface area contributed by atoms with Crippen LogP contribution in [-0.2, 0) is 27.6 Å². The van der Waals surface area contributed by atoms with E-state index in [9.17, 15) is 19.2 Å². The molecule has 0 radical (unpaired) electrons. The van der Waals surface area contributed by atoms with Crippen molar-refractivity contribution in [1.29, 1.82) is 0 Å². The van der Waals surface area contributed by atoms with Crippen molar-refractivity contribution < 1.29 is 23.9 Å². The highest BCUT2D eigenvalue weighted by Crippen LogP contribution is 2.49. The number of carbonyl (C=O) groups is 4. The largest absolute Gasteiger partial charge is 0.504 e. The number of aryl methyl sites for hydroxylation is 4. The molecule has 8 aromatic carbocycles. The number of nitrogens with two attached hydrogens (primary N) is 4. The first-order chi connectivity index (χ1) is 60.0. The number of halogens is 1. The summed E-state index contributed by atoms with van der Waals surface area (Å²) in [7, 11) is 5.56. The van der Waals surface area contributed by atoms with Gasteiger partial charge in [-0.2, -0.15) is 19.7 Å². The van der Waals surface area contributed by atoms with Crippen LogP contribution >= 0.6 is 23.1 Å². The Morgan fingerprint density at radius 1 is 0.431 bits per heavy atom. The maximum absolute atomic E-state index is 12.3. The number of hydrogen-bond donors (Lipinski definition) is 4. The van der Waals surface area contributed by atoms with Crippen LogP contribution in [-0.4, -0.2) is 148 Å². The fourth-order valence-electron chi connectivity index (χ4n) is 16.5. The predicted octanol–water partition coefficient (Wildman–Crippen LogP) is 16.7. The highest BCUT2D eigenvalue weighted by molar-refractivity contribution is 7.10. The van der Waals surface area contributed by atoms with Gasteiger partial charge in [-0.15, -0.1) is 0 Å². The topological polar surface area (TPSA) is 332 Å². The first-order valence-corrected chi connectivity index (χ1v) is 40.3. The maximum atomic E-state index is 12.3. The van der Waals surface area contributed by atoms with Crippen LogP contribution < -0.4 is 27.7 Å². The van der Waals surface area contributed by atoms with Crippen LogP contribution in [0.5, 0.6) is 5.75 Å². The van der Waals surface area contributed by atoms with E-state index in [4.69, 9.17) is 65.6 Å². The van der Waals surface area contributed by atoms with Gasteiger partial charge in [-0.25, -0.2) is 14.5 Å². The van der Waals surface area contributed by atoms with Gasteiger partial charge < -0.3 is 32.5 Å². The van der Waals surface area contributed by atoms with E-state index in [1.54, 1.807) is 44.9 Å². The van der Waals surface area contributed by atoms with E-state index in [2.05, 4.69) is 64.0 Å². The second kappa shape index (κ2) is 33.8. The van der Waals surface area contributed by atoms with Gasteiger partial charge in [-0.05, 0) is 118 Å². The van der Waals surface area contributed by atoms with E-state index in [0.717, 1.165) is 163 Å². The Morgan fingerprint density at radius 3 is 1.37 bits per heavy atom. The summed E-state index contributed by atoms with van der Waals surface area (Å²) in [5.41, 5.74) is 49.1. The monoisotopic (exact) mass is 1650 g/mol. The molecule has 5 aliphatic heterocycles. The fraction of sp³-hybridized carbons (Fsp3) is 0.147. The summed E-state index contributed by atoms with van der Waals surface area (Å²) < 4.78 is 17.5. The smallest absolute Gasteiger partial charge is 0.244 e. The number of ketones is 4.